The molecule has 0 unspecified atom stereocenters. The first-order chi connectivity index (χ1) is 11.1. The number of hydrogen-bond donors (Lipinski definition) is 2. The normalized spacial score (nSPS) is 10.6. The summed E-state index contributed by atoms with van der Waals surface area (Å²) in [4.78, 5) is 16.4. The number of benzene rings is 2. The number of methoxy groups -OCH3 is 1. The van der Waals surface area contributed by atoms with Crippen LogP contribution in [0, 0.1) is 12.7 Å². The number of halogens is 1. The fourth-order valence-corrected chi connectivity index (χ4v) is 3.02. The standard InChI is InChI=1S/C16H14FN3O2S/c1-9-3-8-12(22-2)13-14(9)23-16(18-13)20-19-15(21)10-4-6-11(17)7-5-10/h3-8H,1-2H3,(H,18,20)(H,19,21). The fraction of sp³-hybridized carbons (Fsp3) is 0.125. The number of anilines is 1. The van der Waals surface area contributed by atoms with Crippen LogP contribution in [0.5, 0.6) is 5.75 Å². The van der Waals surface area contributed by atoms with E-state index in [1.54, 1.807) is 7.11 Å². The van der Waals surface area contributed by atoms with Crippen LogP contribution in [-0.2, 0) is 0 Å². The number of hydrogen-bond acceptors (Lipinski definition) is 5. The number of ether oxygens (including phenoxy) is 1. The third kappa shape index (κ3) is 3.09. The fourth-order valence-electron chi connectivity index (χ4n) is 2.11. The number of thiazole rings is 1. The summed E-state index contributed by atoms with van der Waals surface area (Å²) in [7, 11) is 1.59. The van der Waals surface area contributed by atoms with Gasteiger partial charge in [-0.1, -0.05) is 17.4 Å². The highest BCUT2D eigenvalue weighted by molar-refractivity contribution is 7.22. The number of amides is 1. The molecule has 3 aromatic rings. The average Bonchev–Trinajstić information content (AvgIpc) is 2.99. The van der Waals surface area contributed by atoms with Crippen molar-refractivity contribution in [2.75, 3.05) is 12.5 Å². The van der Waals surface area contributed by atoms with Crippen LogP contribution in [0.3, 0.4) is 0 Å². The summed E-state index contributed by atoms with van der Waals surface area (Å²) in [5, 5.41) is 0.545. The molecule has 0 bridgehead atoms. The second kappa shape index (κ2) is 6.21. The van der Waals surface area contributed by atoms with Gasteiger partial charge in [0.2, 0.25) is 5.13 Å². The molecular formula is C16H14FN3O2S. The molecule has 0 atom stereocenters. The van der Waals surface area contributed by atoms with Gasteiger partial charge in [-0.15, -0.1) is 0 Å². The van der Waals surface area contributed by atoms with E-state index >= 15 is 0 Å². The number of carbonyl (C=O) groups excluding carboxylic acids is 1. The Kier molecular flexibility index (Phi) is 4.12. The molecule has 1 aromatic heterocycles. The molecule has 7 heteroatoms. The van der Waals surface area contributed by atoms with E-state index in [4.69, 9.17) is 4.74 Å². The Morgan fingerprint density at radius 3 is 2.65 bits per heavy atom. The second-order valence-electron chi connectivity index (χ2n) is 4.87. The van der Waals surface area contributed by atoms with Crippen molar-refractivity contribution in [3.63, 3.8) is 0 Å². The molecule has 118 valence electrons. The molecule has 0 aliphatic rings. The third-order valence-corrected chi connectivity index (χ3v) is 4.42. The molecule has 0 aliphatic carbocycles. The van der Waals surface area contributed by atoms with Gasteiger partial charge >= 0.3 is 0 Å². The molecule has 5 nitrogen and oxygen atoms in total. The van der Waals surface area contributed by atoms with Crippen LogP contribution in [0.4, 0.5) is 9.52 Å². The van der Waals surface area contributed by atoms with Crippen molar-refractivity contribution in [3.8, 4) is 5.75 Å². The van der Waals surface area contributed by atoms with Crippen molar-refractivity contribution < 1.29 is 13.9 Å². The van der Waals surface area contributed by atoms with Crippen molar-refractivity contribution in [1.82, 2.24) is 10.4 Å². The van der Waals surface area contributed by atoms with Crippen LogP contribution in [0.25, 0.3) is 10.2 Å². The van der Waals surface area contributed by atoms with Crippen LogP contribution in [-0.4, -0.2) is 18.0 Å². The number of fused-ring (bicyclic) bond motifs is 1. The number of nitrogens with zero attached hydrogens (tertiary/aromatic N) is 1. The van der Waals surface area contributed by atoms with Crippen LogP contribution in [0.15, 0.2) is 36.4 Å². The van der Waals surface area contributed by atoms with Crippen molar-refractivity contribution in [3.05, 3.63) is 53.3 Å². The Hall–Kier alpha value is -2.67. The highest BCUT2D eigenvalue weighted by atomic mass is 32.1. The van der Waals surface area contributed by atoms with Gasteiger partial charge in [0, 0.05) is 5.56 Å². The zero-order valence-electron chi connectivity index (χ0n) is 12.5. The smallest absolute Gasteiger partial charge is 0.269 e. The molecule has 2 N–H and O–H groups in total. The summed E-state index contributed by atoms with van der Waals surface area (Å²) in [5.41, 5.74) is 7.51. The molecule has 0 fully saturated rings. The number of aryl methyl sites for hydroxylation is 1. The number of aromatic nitrogens is 1. The Bertz CT molecular complexity index is 862. The average molecular weight is 331 g/mol. The van der Waals surface area contributed by atoms with Gasteiger partial charge in [-0.2, -0.15) is 0 Å². The molecule has 0 saturated heterocycles. The van der Waals surface area contributed by atoms with E-state index in [0.717, 1.165) is 15.8 Å². The highest BCUT2D eigenvalue weighted by Gasteiger charge is 2.12. The summed E-state index contributed by atoms with van der Waals surface area (Å²) in [5.74, 6) is -0.0732. The summed E-state index contributed by atoms with van der Waals surface area (Å²) < 4.78 is 19.1. The first-order valence-electron chi connectivity index (χ1n) is 6.84. The molecule has 1 heterocycles. The lowest BCUT2D eigenvalue weighted by atomic mass is 10.2. The highest BCUT2D eigenvalue weighted by Crippen LogP contribution is 2.34. The molecule has 3 rings (SSSR count). The van der Waals surface area contributed by atoms with Crippen molar-refractivity contribution >= 4 is 32.6 Å². The minimum Gasteiger partial charge on any atom is -0.494 e. The maximum absolute atomic E-state index is 12.9. The van der Waals surface area contributed by atoms with E-state index < -0.39 is 0 Å². The third-order valence-electron chi connectivity index (χ3n) is 3.31. The van der Waals surface area contributed by atoms with Crippen LogP contribution < -0.4 is 15.6 Å². The summed E-state index contributed by atoms with van der Waals surface area (Å²) in [6, 6.07) is 9.12. The van der Waals surface area contributed by atoms with Crippen molar-refractivity contribution in [2.45, 2.75) is 6.92 Å². The van der Waals surface area contributed by atoms with Gasteiger partial charge in [0.1, 0.15) is 17.1 Å². The number of hydrazine groups is 1. The lowest BCUT2D eigenvalue weighted by molar-refractivity contribution is 0.0962. The molecule has 2 aromatic carbocycles. The molecule has 0 spiro atoms. The SMILES string of the molecule is COc1ccc(C)c2sc(NNC(=O)c3ccc(F)cc3)nc12. The van der Waals surface area contributed by atoms with E-state index in [1.807, 2.05) is 19.1 Å². The van der Waals surface area contributed by atoms with E-state index in [-0.39, 0.29) is 11.7 Å². The first-order valence-corrected chi connectivity index (χ1v) is 7.66. The largest absolute Gasteiger partial charge is 0.494 e. The zero-order chi connectivity index (χ0) is 16.4. The molecule has 0 radical (unpaired) electrons. The topological polar surface area (TPSA) is 63.2 Å². The van der Waals surface area contributed by atoms with Gasteiger partial charge < -0.3 is 4.74 Å². The Morgan fingerprint density at radius 2 is 1.96 bits per heavy atom. The van der Waals surface area contributed by atoms with Crippen LogP contribution in [0.1, 0.15) is 15.9 Å². The minimum absolute atomic E-state index is 0.355. The van der Waals surface area contributed by atoms with Crippen LogP contribution in [0.2, 0.25) is 0 Å². The predicted octanol–water partition coefficient (Wildman–Crippen LogP) is 3.51. The summed E-state index contributed by atoms with van der Waals surface area (Å²) in [6.07, 6.45) is 0. The Morgan fingerprint density at radius 1 is 1.22 bits per heavy atom. The monoisotopic (exact) mass is 331 g/mol. The predicted molar refractivity (Wildman–Crippen MR) is 88.4 cm³/mol. The van der Waals surface area contributed by atoms with Crippen molar-refractivity contribution in [1.29, 1.82) is 0 Å². The maximum Gasteiger partial charge on any atom is 0.269 e. The van der Waals surface area contributed by atoms with Gasteiger partial charge in [-0.05, 0) is 42.8 Å². The van der Waals surface area contributed by atoms with Crippen LogP contribution >= 0.6 is 11.3 Å². The van der Waals surface area contributed by atoms with Gasteiger partial charge in [-0.3, -0.25) is 15.6 Å². The first kappa shape index (κ1) is 15.2. The Labute approximate surface area is 136 Å². The number of rotatable bonds is 4. The summed E-state index contributed by atoms with van der Waals surface area (Å²) >= 11 is 1.42. The molecule has 23 heavy (non-hydrogen) atoms. The second-order valence-corrected chi connectivity index (χ2v) is 5.87. The van der Waals surface area contributed by atoms with Gasteiger partial charge in [0.15, 0.2) is 0 Å². The molecule has 1 amide bonds. The maximum atomic E-state index is 12.9. The number of nitrogens with one attached hydrogen (secondary N) is 2. The number of carbonyl (C=O) groups is 1. The minimum atomic E-state index is -0.386. The van der Waals surface area contributed by atoms with E-state index in [2.05, 4.69) is 15.8 Å². The van der Waals surface area contributed by atoms with Gasteiger partial charge in [0.05, 0.1) is 11.8 Å². The lowest BCUT2D eigenvalue weighted by Gasteiger charge is -2.05. The van der Waals surface area contributed by atoms with E-state index in [1.165, 1.54) is 35.6 Å². The summed E-state index contributed by atoms with van der Waals surface area (Å²) in [6.45, 7) is 1.99. The van der Waals surface area contributed by atoms with E-state index in [9.17, 15) is 9.18 Å². The zero-order valence-corrected chi connectivity index (χ0v) is 13.3. The molecule has 0 saturated carbocycles. The van der Waals surface area contributed by atoms with Crippen molar-refractivity contribution in [2.24, 2.45) is 0 Å². The van der Waals surface area contributed by atoms with E-state index in [0.29, 0.717) is 16.4 Å². The quantitative estimate of drug-likeness (QED) is 0.718. The Balaban J connectivity index is 1.78. The molecule has 0 aliphatic heterocycles. The lowest BCUT2D eigenvalue weighted by Crippen LogP contribution is -2.29. The van der Waals surface area contributed by atoms with Gasteiger partial charge in [0.25, 0.3) is 5.91 Å². The molecular weight excluding hydrogens is 317 g/mol. The van der Waals surface area contributed by atoms with Gasteiger partial charge in [-0.25, -0.2) is 9.37 Å².